The van der Waals surface area contributed by atoms with E-state index in [0.29, 0.717) is 58.7 Å². The second kappa shape index (κ2) is 20.3. The van der Waals surface area contributed by atoms with Gasteiger partial charge >= 0.3 is 0 Å². The fraction of sp³-hybridized carbons (Fsp3) is 0.581. The standard InChI is InChI=1S/C43H57N7O14/c1-22-41-25(50-14-15-61-21-31(50)64-41)16-32(62-22)63-27-18-43(59,42(58)47-13-5-11-45-10-4-12-46-29(52)19-49-30(53)20-48-28(51)8-9-44)17-24-34(27)40(57)36-35(38(24)55)37(54)23-6-3-7-26(60-2)33(23)39(36)56/h3,6-7,22,25,27,31-32,41,45,55,57,59H,4-5,8-21,44H2,1-2H3,(H,46,52)(H,47,58)(H,48,51)(H,49,53)/t22-,25-,27-,31+,32-,41+,43-/m0/s1. The number of morpholine rings is 1. The summed E-state index contributed by atoms with van der Waals surface area (Å²) in [4.78, 5) is 79.6. The van der Waals surface area contributed by atoms with E-state index in [1.807, 2.05) is 6.92 Å². The van der Waals surface area contributed by atoms with Crippen molar-refractivity contribution < 1.29 is 67.8 Å². The molecule has 0 unspecified atom stereocenters. The lowest BCUT2D eigenvalue weighted by Crippen LogP contribution is -2.54. The minimum absolute atomic E-state index is 0.0345. The number of amides is 4. The molecule has 0 saturated carbocycles. The number of nitrogens with zero attached hydrogens (tertiary/aromatic N) is 1. The molecule has 7 atom stereocenters. The molecule has 3 heterocycles. The first-order chi connectivity index (χ1) is 30.8. The molecule has 4 amide bonds. The van der Waals surface area contributed by atoms with Gasteiger partial charge in [0.2, 0.25) is 23.5 Å². The highest BCUT2D eigenvalue weighted by Crippen LogP contribution is 2.53. The quantitative estimate of drug-likeness (QED) is 0.0511. The normalized spacial score (nSPS) is 25.8. The number of phenols is 2. The van der Waals surface area contributed by atoms with E-state index >= 15 is 0 Å². The zero-order valence-electron chi connectivity index (χ0n) is 35.9. The monoisotopic (exact) mass is 895 g/mol. The van der Waals surface area contributed by atoms with Crippen molar-refractivity contribution in [3.8, 4) is 17.2 Å². The maximum Gasteiger partial charge on any atom is 0.252 e. The number of fused-ring (bicyclic) bond motifs is 6. The number of benzene rings is 2. The van der Waals surface area contributed by atoms with Crippen molar-refractivity contribution in [2.75, 3.05) is 72.7 Å². The summed E-state index contributed by atoms with van der Waals surface area (Å²) < 4.78 is 30.2. The minimum Gasteiger partial charge on any atom is -0.507 e. The highest BCUT2D eigenvalue weighted by Gasteiger charge is 2.53. The van der Waals surface area contributed by atoms with Crippen LogP contribution in [0.2, 0.25) is 0 Å². The minimum atomic E-state index is -2.20. The zero-order chi connectivity index (χ0) is 45.7. The van der Waals surface area contributed by atoms with Crippen molar-refractivity contribution in [2.24, 2.45) is 5.73 Å². The van der Waals surface area contributed by atoms with Crippen LogP contribution in [0.5, 0.6) is 17.2 Å². The van der Waals surface area contributed by atoms with Gasteiger partial charge in [-0.3, -0.25) is 33.7 Å². The second-order valence-electron chi connectivity index (χ2n) is 16.5. The highest BCUT2D eigenvalue weighted by atomic mass is 16.7. The maximum atomic E-state index is 14.1. The largest absolute Gasteiger partial charge is 0.507 e. The Morgan fingerprint density at radius 3 is 2.34 bits per heavy atom. The average molecular weight is 896 g/mol. The van der Waals surface area contributed by atoms with E-state index in [9.17, 15) is 44.1 Å². The molecule has 0 radical (unpaired) electrons. The molecule has 2 aromatic carbocycles. The number of aliphatic hydroxyl groups is 1. The van der Waals surface area contributed by atoms with Crippen molar-refractivity contribution in [2.45, 2.75) is 87.9 Å². The molecule has 5 aliphatic rings. The van der Waals surface area contributed by atoms with Crippen LogP contribution in [0.1, 0.15) is 88.1 Å². The molecule has 2 aliphatic carbocycles. The predicted molar refractivity (Wildman–Crippen MR) is 223 cm³/mol. The van der Waals surface area contributed by atoms with Gasteiger partial charge in [-0.1, -0.05) is 12.1 Å². The molecule has 64 heavy (non-hydrogen) atoms. The summed E-state index contributed by atoms with van der Waals surface area (Å²) in [6, 6.07) is 4.35. The van der Waals surface area contributed by atoms with E-state index in [-0.39, 0.29) is 84.9 Å². The zero-order valence-corrected chi connectivity index (χ0v) is 35.9. The van der Waals surface area contributed by atoms with Crippen molar-refractivity contribution in [1.29, 1.82) is 0 Å². The Morgan fingerprint density at radius 1 is 0.906 bits per heavy atom. The molecule has 0 aromatic heterocycles. The molecule has 3 fully saturated rings. The molecule has 21 nitrogen and oxygen atoms in total. The van der Waals surface area contributed by atoms with Gasteiger partial charge in [-0.05, 0) is 38.9 Å². The number of ketones is 2. The van der Waals surface area contributed by atoms with Gasteiger partial charge in [0, 0.05) is 74.6 Å². The molecule has 0 bridgehead atoms. The predicted octanol–water partition coefficient (Wildman–Crippen LogP) is -1.64. The number of carbonyl (C=O) groups is 6. The summed E-state index contributed by atoms with van der Waals surface area (Å²) in [5, 5.41) is 49.6. The van der Waals surface area contributed by atoms with Crippen molar-refractivity contribution in [3.05, 3.63) is 51.6 Å². The summed E-state index contributed by atoms with van der Waals surface area (Å²) in [6.45, 7) is 4.58. The molecule has 348 valence electrons. The summed E-state index contributed by atoms with van der Waals surface area (Å²) in [7, 11) is 1.35. The molecule has 21 heteroatoms. The van der Waals surface area contributed by atoms with Crippen molar-refractivity contribution in [1.82, 2.24) is 31.5 Å². The molecule has 3 aliphatic heterocycles. The SMILES string of the molecule is COc1cccc2c1C(=O)c1c(O)c3c(c(O)c1C2=O)C[C@@](O)(C(=O)NCCCNCCCNC(=O)CNC(=O)CNC(=O)CCN)C[C@@H]3O[C@H]1C[C@H]2[C@H](O[C@@H]3COCCN32)[C@H](C)O1. The van der Waals surface area contributed by atoms with Crippen LogP contribution in [0.25, 0.3) is 0 Å². The second-order valence-corrected chi connectivity index (χ2v) is 16.5. The Bertz CT molecular complexity index is 2140. The van der Waals surface area contributed by atoms with Gasteiger partial charge < -0.3 is 71.3 Å². The Balaban J connectivity index is 0.989. The van der Waals surface area contributed by atoms with Crippen LogP contribution >= 0.6 is 0 Å². The Kier molecular flexibility index (Phi) is 14.8. The van der Waals surface area contributed by atoms with Crippen LogP contribution in [0, 0.1) is 0 Å². The first-order valence-electron chi connectivity index (χ1n) is 21.6. The number of aromatic hydroxyl groups is 2. The molecule has 2 aromatic rings. The smallest absolute Gasteiger partial charge is 0.252 e. The molecule has 7 rings (SSSR count). The first-order valence-corrected chi connectivity index (χ1v) is 21.6. The number of hydrogen-bond acceptors (Lipinski definition) is 17. The fourth-order valence-electron chi connectivity index (χ4n) is 9.14. The highest BCUT2D eigenvalue weighted by molar-refractivity contribution is 6.31. The summed E-state index contributed by atoms with van der Waals surface area (Å²) in [6.07, 6.45) is -2.62. The van der Waals surface area contributed by atoms with Gasteiger partial charge in [0.05, 0.1) is 62.3 Å². The first kappa shape index (κ1) is 46.7. The van der Waals surface area contributed by atoms with Crippen LogP contribution in [-0.4, -0.2) is 164 Å². The van der Waals surface area contributed by atoms with E-state index in [1.54, 1.807) is 0 Å². The number of methoxy groups -OCH3 is 1. The van der Waals surface area contributed by atoms with E-state index in [2.05, 4.69) is 31.5 Å². The number of nitrogens with one attached hydrogen (secondary N) is 5. The van der Waals surface area contributed by atoms with Gasteiger partial charge in [-0.2, -0.15) is 0 Å². The maximum absolute atomic E-state index is 14.1. The van der Waals surface area contributed by atoms with Crippen LogP contribution in [0.4, 0.5) is 0 Å². The van der Waals surface area contributed by atoms with Crippen LogP contribution < -0.4 is 37.1 Å². The van der Waals surface area contributed by atoms with Gasteiger partial charge in [-0.25, -0.2) is 0 Å². The fourth-order valence-corrected chi connectivity index (χ4v) is 9.14. The number of hydrogen-bond donors (Lipinski definition) is 9. The van der Waals surface area contributed by atoms with Crippen LogP contribution in [-0.2, 0) is 44.5 Å². The third kappa shape index (κ3) is 9.71. The van der Waals surface area contributed by atoms with E-state index in [0.717, 1.165) is 0 Å². The van der Waals surface area contributed by atoms with Gasteiger partial charge in [0.25, 0.3) is 5.91 Å². The van der Waals surface area contributed by atoms with Crippen molar-refractivity contribution in [3.63, 3.8) is 0 Å². The Hall–Kier alpha value is -5.26. The average Bonchev–Trinajstić information content (AvgIpc) is 3.66. The van der Waals surface area contributed by atoms with Crippen LogP contribution in [0.15, 0.2) is 18.2 Å². The lowest BCUT2D eigenvalue weighted by atomic mass is 9.72. The van der Waals surface area contributed by atoms with Gasteiger partial charge in [0.15, 0.2) is 12.1 Å². The topological polar surface area (TPSA) is 299 Å². The van der Waals surface area contributed by atoms with Gasteiger partial charge in [-0.15, -0.1) is 0 Å². The number of nitrogens with two attached hydrogens (primary N) is 1. The Morgan fingerprint density at radius 2 is 1.61 bits per heavy atom. The molecule has 3 saturated heterocycles. The number of rotatable bonds is 18. The lowest BCUT2D eigenvalue weighted by molar-refractivity contribution is -0.247. The number of ether oxygens (including phenoxy) is 5. The van der Waals surface area contributed by atoms with Gasteiger partial charge in [0.1, 0.15) is 35.2 Å². The summed E-state index contributed by atoms with van der Waals surface area (Å²) in [5.74, 6) is -4.66. The molecule has 10 N–H and O–H groups in total. The molecule has 0 spiro atoms. The lowest BCUT2D eigenvalue weighted by Gasteiger charge is -2.43. The van der Waals surface area contributed by atoms with E-state index in [1.165, 1.54) is 25.3 Å². The summed E-state index contributed by atoms with van der Waals surface area (Å²) in [5.41, 5.74) is 1.97. The van der Waals surface area contributed by atoms with E-state index < -0.39 is 88.9 Å². The number of phenolic OH excluding ortho intramolecular Hbond substituents is 2. The molecular formula is C43H57N7O14. The van der Waals surface area contributed by atoms with Crippen LogP contribution in [0.3, 0.4) is 0 Å². The third-order valence-corrected chi connectivity index (χ3v) is 12.3. The Labute approximate surface area is 369 Å². The molecular weight excluding hydrogens is 839 g/mol. The number of carbonyl (C=O) groups excluding carboxylic acids is 6. The van der Waals surface area contributed by atoms with E-state index in [4.69, 9.17) is 29.4 Å². The van der Waals surface area contributed by atoms with Crippen molar-refractivity contribution >= 4 is 35.2 Å². The summed E-state index contributed by atoms with van der Waals surface area (Å²) >= 11 is 0. The third-order valence-electron chi connectivity index (χ3n) is 12.3.